The molecule has 0 bridgehead atoms. The predicted molar refractivity (Wildman–Crippen MR) is 84.7 cm³/mol. The van der Waals surface area contributed by atoms with Crippen molar-refractivity contribution in [3.05, 3.63) is 34.3 Å². The molecule has 110 valence electrons. The summed E-state index contributed by atoms with van der Waals surface area (Å²) < 4.78 is 6.82. The summed E-state index contributed by atoms with van der Waals surface area (Å²) in [6.07, 6.45) is 3.93. The van der Waals surface area contributed by atoms with Gasteiger partial charge in [-0.1, -0.05) is 40.5 Å². The second-order valence-electron chi connectivity index (χ2n) is 5.81. The molecule has 1 saturated carbocycles. The van der Waals surface area contributed by atoms with Gasteiger partial charge >= 0.3 is 0 Å². The molecule has 4 heteroatoms. The van der Waals surface area contributed by atoms with Crippen LogP contribution in [-0.4, -0.2) is 31.8 Å². The normalized spacial score (nSPS) is 30.6. The molecule has 0 aromatic heterocycles. The van der Waals surface area contributed by atoms with Gasteiger partial charge in [0, 0.05) is 29.6 Å². The van der Waals surface area contributed by atoms with Gasteiger partial charge in [0.1, 0.15) is 0 Å². The lowest BCUT2D eigenvalue weighted by Crippen LogP contribution is -2.50. The van der Waals surface area contributed by atoms with Crippen LogP contribution in [0.15, 0.2) is 28.7 Å². The highest BCUT2D eigenvalue weighted by atomic mass is 79.9. The molecule has 0 spiro atoms. The van der Waals surface area contributed by atoms with Crippen molar-refractivity contribution >= 4 is 15.9 Å². The summed E-state index contributed by atoms with van der Waals surface area (Å²) >= 11 is 3.63. The van der Waals surface area contributed by atoms with E-state index in [1.165, 1.54) is 29.3 Å². The van der Waals surface area contributed by atoms with Crippen LogP contribution in [0.25, 0.3) is 0 Å². The van der Waals surface area contributed by atoms with Crippen LogP contribution >= 0.6 is 15.9 Å². The van der Waals surface area contributed by atoms with Crippen LogP contribution in [0.1, 0.15) is 24.8 Å². The number of ether oxygens (including phenoxy) is 1. The minimum absolute atomic E-state index is 0.531. The first kappa shape index (κ1) is 14.5. The van der Waals surface area contributed by atoms with Gasteiger partial charge in [-0.2, -0.15) is 0 Å². The van der Waals surface area contributed by atoms with Crippen LogP contribution in [0.3, 0.4) is 0 Å². The van der Waals surface area contributed by atoms with Crippen LogP contribution < -0.4 is 10.6 Å². The third-order valence-corrected chi connectivity index (χ3v) is 5.32. The molecule has 1 aliphatic carbocycles. The fourth-order valence-corrected chi connectivity index (χ4v) is 3.89. The molecule has 20 heavy (non-hydrogen) atoms. The van der Waals surface area contributed by atoms with E-state index in [1.54, 1.807) is 0 Å². The Labute approximate surface area is 129 Å². The first-order valence-electron chi connectivity index (χ1n) is 7.62. The summed E-state index contributed by atoms with van der Waals surface area (Å²) in [5, 5.41) is 7.39. The highest BCUT2D eigenvalue weighted by molar-refractivity contribution is 9.10. The molecule has 1 heterocycles. The molecule has 3 rings (SSSR count). The van der Waals surface area contributed by atoms with Crippen LogP contribution in [0.2, 0.25) is 0 Å². The molecule has 3 unspecified atom stereocenters. The van der Waals surface area contributed by atoms with Crippen LogP contribution in [0.4, 0.5) is 0 Å². The summed E-state index contributed by atoms with van der Waals surface area (Å²) in [5.74, 6) is 0.706. The lowest BCUT2D eigenvalue weighted by Gasteiger charge is -2.33. The zero-order valence-corrected chi connectivity index (χ0v) is 13.4. The van der Waals surface area contributed by atoms with Crippen LogP contribution in [0.5, 0.6) is 0 Å². The maximum absolute atomic E-state index is 5.63. The topological polar surface area (TPSA) is 33.3 Å². The summed E-state index contributed by atoms with van der Waals surface area (Å²) in [6, 6.07) is 9.60. The molecule has 1 aromatic rings. The minimum Gasteiger partial charge on any atom is -0.379 e. The molecule has 2 N–H and O–H groups in total. The van der Waals surface area contributed by atoms with Crippen LogP contribution in [-0.2, 0) is 11.3 Å². The van der Waals surface area contributed by atoms with Crippen molar-refractivity contribution in [1.29, 1.82) is 0 Å². The van der Waals surface area contributed by atoms with E-state index < -0.39 is 0 Å². The van der Waals surface area contributed by atoms with Crippen LogP contribution in [0, 0.1) is 5.92 Å². The standard InChI is InChI=1S/C16H23BrN2O/c17-14-6-2-1-4-12(14)10-19-15-7-3-5-13(15)16-11-20-9-8-18-16/h1-2,4,6,13,15-16,18-19H,3,5,7-11H2. The molecule has 1 aliphatic heterocycles. The van der Waals surface area contributed by atoms with E-state index in [4.69, 9.17) is 4.74 Å². The quantitative estimate of drug-likeness (QED) is 0.885. The SMILES string of the molecule is Brc1ccccc1CNC1CCCC1C1COCCN1. The van der Waals surface area contributed by atoms with Gasteiger partial charge in [0.25, 0.3) is 0 Å². The van der Waals surface area contributed by atoms with Crippen molar-refractivity contribution < 1.29 is 4.74 Å². The van der Waals surface area contributed by atoms with Crippen molar-refractivity contribution in [2.24, 2.45) is 5.92 Å². The highest BCUT2D eigenvalue weighted by Crippen LogP contribution is 2.30. The second-order valence-corrected chi connectivity index (χ2v) is 6.66. The Morgan fingerprint density at radius 3 is 3.00 bits per heavy atom. The van der Waals surface area contributed by atoms with Gasteiger partial charge in [0.15, 0.2) is 0 Å². The van der Waals surface area contributed by atoms with Gasteiger partial charge in [-0.15, -0.1) is 0 Å². The lowest BCUT2D eigenvalue weighted by atomic mass is 9.94. The number of hydrogen-bond acceptors (Lipinski definition) is 3. The molecule has 1 saturated heterocycles. The zero-order valence-electron chi connectivity index (χ0n) is 11.8. The van der Waals surface area contributed by atoms with Gasteiger partial charge in [0.05, 0.1) is 13.2 Å². The maximum Gasteiger partial charge on any atom is 0.0623 e. The number of morpholine rings is 1. The molecule has 3 atom stereocenters. The largest absolute Gasteiger partial charge is 0.379 e. The third kappa shape index (κ3) is 3.42. The highest BCUT2D eigenvalue weighted by Gasteiger charge is 2.34. The van der Waals surface area contributed by atoms with Crippen molar-refractivity contribution in [2.75, 3.05) is 19.8 Å². The molecular weight excluding hydrogens is 316 g/mol. The van der Waals surface area contributed by atoms with Gasteiger partial charge in [-0.3, -0.25) is 0 Å². The van der Waals surface area contributed by atoms with Gasteiger partial charge in [0.2, 0.25) is 0 Å². The Balaban J connectivity index is 1.57. The molecule has 0 radical (unpaired) electrons. The molecular formula is C16H23BrN2O. The first-order chi connectivity index (χ1) is 9.84. The second kappa shape index (κ2) is 7.03. The van der Waals surface area contributed by atoms with Gasteiger partial charge in [-0.25, -0.2) is 0 Å². The minimum atomic E-state index is 0.531. The fraction of sp³-hybridized carbons (Fsp3) is 0.625. The molecule has 1 aromatic carbocycles. The summed E-state index contributed by atoms with van der Waals surface area (Å²) in [4.78, 5) is 0. The van der Waals surface area contributed by atoms with Crippen molar-refractivity contribution in [1.82, 2.24) is 10.6 Å². The molecule has 2 fully saturated rings. The molecule has 0 amide bonds. The third-order valence-electron chi connectivity index (χ3n) is 4.55. The van der Waals surface area contributed by atoms with E-state index in [0.717, 1.165) is 26.3 Å². The number of benzene rings is 1. The molecule has 3 nitrogen and oxygen atoms in total. The summed E-state index contributed by atoms with van der Waals surface area (Å²) in [5.41, 5.74) is 1.34. The average Bonchev–Trinajstić information content (AvgIpc) is 2.96. The van der Waals surface area contributed by atoms with E-state index in [-0.39, 0.29) is 0 Å². The zero-order chi connectivity index (χ0) is 13.8. The number of rotatable bonds is 4. The van der Waals surface area contributed by atoms with E-state index in [0.29, 0.717) is 18.0 Å². The van der Waals surface area contributed by atoms with Crippen molar-refractivity contribution in [3.63, 3.8) is 0 Å². The monoisotopic (exact) mass is 338 g/mol. The first-order valence-corrected chi connectivity index (χ1v) is 8.42. The fourth-order valence-electron chi connectivity index (χ4n) is 3.47. The molecule has 2 aliphatic rings. The Bertz CT molecular complexity index is 434. The number of hydrogen-bond donors (Lipinski definition) is 2. The van der Waals surface area contributed by atoms with E-state index >= 15 is 0 Å². The Hall–Kier alpha value is -0.420. The van der Waals surface area contributed by atoms with E-state index in [1.807, 2.05) is 0 Å². The smallest absolute Gasteiger partial charge is 0.0623 e. The van der Waals surface area contributed by atoms with Gasteiger partial charge < -0.3 is 15.4 Å². The van der Waals surface area contributed by atoms with Gasteiger partial charge in [-0.05, 0) is 30.4 Å². The maximum atomic E-state index is 5.63. The summed E-state index contributed by atoms with van der Waals surface area (Å²) in [6.45, 7) is 3.67. The Morgan fingerprint density at radius 1 is 1.30 bits per heavy atom. The Morgan fingerprint density at radius 2 is 2.20 bits per heavy atom. The average molecular weight is 339 g/mol. The van der Waals surface area contributed by atoms with Crippen molar-refractivity contribution in [3.8, 4) is 0 Å². The summed E-state index contributed by atoms with van der Waals surface area (Å²) in [7, 11) is 0. The lowest BCUT2D eigenvalue weighted by molar-refractivity contribution is 0.0524. The van der Waals surface area contributed by atoms with Crippen molar-refractivity contribution in [2.45, 2.75) is 37.9 Å². The number of nitrogens with one attached hydrogen (secondary N) is 2. The van der Waals surface area contributed by atoms with E-state index in [2.05, 4.69) is 50.8 Å². The number of halogens is 1. The Kier molecular flexibility index (Phi) is 5.10. The predicted octanol–water partition coefficient (Wildman–Crippen LogP) is 2.70. The van der Waals surface area contributed by atoms with E-state index in [9.17, 15) is 0 Å².